The summed E-state index contributed by atoms with van der Waals surface area (Å²) in [7, 11) is -2.18. The van der Waals surface area contributed by atoms with Gasteiger partial charge in [0, 0.05) is 121 Å². The van der Waals surface area contributed by atoms with Crippen LogP contribution in [0.15, 0.2) is 48.7 Å². The molecular formula is C74H100F2N10O10Si. The van der Waals surface area contributed by atoms with Gasteiger partial charge in [-0.05, 0) is 142 Å². The van der Waals surface area contributed by atoms with Gasteiger partial charge in [-0.3, -0.25) is 29.7 Å². The van der Waals surface area contributed by atoms with Crippen molar-refractivity contribution in [2.24, 2.45) is 17.3 Å². The molecule has 5 aliphatic heterocycles. The second-order valence-electron chi connectivity index (χ2n) is 30.0. The molecule has 23 heteroatoms. The lowest BCUT2D eigenvalue weighted by Crippen LogP contribution is -2.66. The van der Waals surface area contributed by atoms with Crippen molar-refractivity contribution in [2.45, 2.75) is 161 Å². The average molecular weight is 1360 g/mol. The van der Waals surface area contributed by atoms with Crippen molar-refractivity contribution in [1.82, 2.24) is 39.9 Å². The predicted molar refractivity (Wildman–Crippen MR) is 374 cm³/mol. The number of pyridine rings is 1. The highest BCUT2D eigenvalue weighted by Crippen LogP contribution is 2.49. The number of nitrogens with one attached hydrogen (secondary N) is 1. The van der Waals surface area contributed by atoms with Gasteiger partial charge >= 0.3 is 18.1 Å². The van der Waals surface area contributed by atoms with Crippen LogP contribution in [0.5, 0.6) is 17.5 Å². The number of anilines is 2. The SMILES string of the molecule is [2H]C([2H])([2H])OCC12CCC(CN(c3nc(OC[C@H](C)CN4CCN(CC5CCC6(CC5)CCN(C(=O)c5ccc(OC)c(N7CCC(=O)NC7=O)c5)CC6)CC4)nc4c(F)c(-c5cc(OCOC)cc6ccc(F)c(C#C[Si](C(C)C)(C(C)C)C(C)C)c56)ncc34)C1)N2C(=O)OC(C)(C)C. The Morgan fingerprint density at radius 3 is 2.24 bits per heavy atom. The van der Waals surface area contributed by atoms with Crippen LogP contribution in [0.2, 0.25) is 16.6 Å². The summed E-state index contributed by atoms with van der Waals surface area (Å²) in [5.41, 5.74) is 3.67. The number of nitrogens with zero attached hydrogens (tertiary/aromatic N) is 9. The number of likely N-dealkylation sites (tertiary alicyclic amines) is 1. The molecule has 5 saturated heterocycles. The Morgan fingerprint density at radius 2 is 1.57 bits per heavy atom. The van der Waals surface area contributed by atoms with Crippen molar-refractivity contribution < 1.29 is 60.5 Å². The van der Waals surface area contributed by atoms with Gasteiger partial charge in [0.25, 0.3) is 5.91 Å². The standard InChI is InChI=1S/C74H100F2N10O10Si/c1-47(2)97(48(3)4,49(5)6)35-22-56-59(75)16-14-52-36-55(95-46-92-12)38-57(63(52)56)65-64(76)66-58(39-77-65)67(84-42-54-20-25-74(44-84,45-91-11)86(54)71(90)96-72(8,9)10)80-69(79-66)94-43-50(7)40-81-31-33-82(34-32-81)41-51-18-23-73(24-19-51)26-29-83(30-27-73)68(88)53-15-17-61(93-13)60(37-53)85-28-21-62(87)78-70(85)89/h14-17,36-39,47-51,54H,18-21,23-34,40-46H2,1-13H3,(H,78,87,89)/t50-,54?,74?/m1/s1/i11D3. The van der Waals surface area contributed by atoms with E-state index in [0.29, 0.717) is 65.4 Å². The van der Waals surface area contributed by atoms with Crippen molar-refractivity contribution in [3.63, 3.8) is 0 Å². The third-order valence-corrected chi connectivity index (χ3v) is 27.9. The molecule has 1 N–H and O–H groups in total. The molecule has 1 saturated carbocycles. The molecule has 97 heavy (non-hydrogen) atoms. The van der Waals surface area contributed by atoms with Gasteiger partial charge in [0.1, 0.15) is 48.0 Å². The number of urea groups is 1. The van der Waals surface area contributed by atoms with E-state index in [0.717, 1.165) is 77.8 Å². The van der Waals surface area contributed by atoms with E-state index in [1.807, 2.05) is 9.80 Å². The van der Waals surface area contributed by atoms with Crippen molar-refractivity contribution in [3.8, 4) is 40.2 Å². The summed E-state index contributed by atoms with van der Waals surface area (Å²) in [5, 5.41) is 3.50. The van der Waals surface area contributed by atoms with E-state index < -0.39 is 56.1 Å². The Morgan fingerprint density at radius 1 is 0.845 bits per heavy atom. The first kappa shape index (κ1) is 67.0. The maximum atomic E-state index is 18.5. The number of fused-ring (bicyclic) bond motifs is 4. The number of methoxy groups -OCH3 is 3. The number of aromatic nitrogens is 3. The summed E-state index contributed by atoms with van der Waals surface area (Å²) in [6.45, 7) is 27.5. The summed E-state index contributed by atoms with van der Waals surface area (Å²) >= 11 is 0. The zero-order valence-corrected chi connectivity index (χ0v) is 59.7. The summed E-state index contributed by atoms with van der Waals surface area (Å²) in [5.74, 6) is 3.20. The summed E-state index contributed by atoms with van der Waals surface area (Å²) in [6, 6.07) is 10.4. The molecule has 2 aromatic heterocycles. The van der Waals surface area contributed by atoms with E-state index in [1.165, 1.54) is 31.4 Å². The second-order valence-corrected chi connectivity index (χ2v) is 35.6. The van der Waals surface area contributed by atoms with Crippen molar-refractivity contribution in [2.75, 3.05) is 123 Å². The van der Waals surface area contributed by atoms with E-state index in [-0.39, 0.29) is 125 Å². The van der Waals surface area contributed by atoms with Gasteiger partial charge in [-0.15, -0.1) is 5.54 Å². The fourth-order valence-electron chi connectivity index (χ4n) is 16.7. The number of ether oxygens (including phenoxy) is 6. The van der Waals surface area contributed by atoms with Crippen LogP contribution < -0.4 is 29.3 Å². The largest absolute Gasteiger partial charge is 0.495 e. The fourth-order valence-corrected chi connectivity index (χ4v) is 21.9. The van der Waals surface area contributed by atoms with Crippen molar-refractivity contribution >= 4 is 65.2 Å². The summed E-state index contributed by atoms with van der Waals surface area (Å²) in [6.07, 6.45) is 8.44. The first-order chi connectivity index (χ1) is 47.4. The third-order valence-electron chi connectivity index (χ3n) is 21.6. The minimum atomic E-state index is -2.78. The van der Waals surface area contributed by atoms with Gasteiger partial charge in [-0.2, -0.15) is 9.97 Å². The highest BCUT2D eigenvalue weighted by Gasteiger charge is 2.56. The zero-order valence-electron chi connectivity index (χ0n) is 61.7. The number of benzene rings is 3. The maximum Gasteiger partial charge on any atom is 0.411 e. The van der Waals surface area contributed by atoms with Crippen LogP contribution in [0.1, 0.15) is 147 Å². The highest BCUT2D eigenvalue weighted by atomic mass is 28.3. The van der Waals surface area contributed by atoms with E-state index in [1.54, 1.807) is 62.1 Å². The third kappa shape index (κ3) is 14.9. The molecule has 6 aliphatic rings. The number of halogens is 2. The van der Waals surface area contributed by atoms with Crippen molar-refractivity contribution in [1.29, 1.82) is 0 Å². The monoisotopic (exact) mass is 1360 g/mol. The lowest BCUT2D eigenvalue weighted by Gasteiger charge is -2.49. The molecule has 3 atom stereocenters. The smallest absolute Gasteiger partial charge is 0.411 e. The minimum Gasteiger partial charge on any atom is -0.495 e. The average Bonchev–Trinajstić information content (AvgIpc) is 1.40. The molecule has 20 nitrogen and oxygen atoms in total. The quantitative estimate of drug-likeness (QED) is 0.0439. The second kappa shape index (κ2) is 29.3. The Balaban J connectivity index is 0.804. The van der Waals surface area contributed by atoms with E-state index in [4.69, 9.17) is 47.5 Å². The molecule has 0 radical (unpaired) electrons. The van der Waals surface area contributed by atoms with Gasteiger partial charge in [-0.25, -0.2) is 18.4 Å². The number of piperazine rings is 2. The molecule has 11 rings (SSSR count). The van der Waals surface area contributed by atoms with Crippen LogP contribution in [0.4, 0.5) is 29.9 Å². The van der Waals surface area contributed by atoms with Gasteiger partial charge < -0.3 is 48.0 Å². The van der Waals surface area contributed by atoms with Gasteiger partial charge in [0.2, 0.25) is 5.91 Å². The minimum absolute atomic E-state index is 0.0130. The van der Waals surface area contributed by atoms with Gasteiger partial charge in [-0.1, -0.05) is 60.5 Å². The number of carbonyl (C=O) groups excluding carboxylic acids is 4. The number of rotatable bonds is 20. The van der Waals surface area contributed by atoms with E-state index >= 15 is 8.78 Å². The molecule has 1 spiro atoms. The highest BCUT2D eigenvalue weighted by molar-refractivity contribution is 6.90. The molecule has 5 amide bonds. The van der Waals surface area contributed by atoms with Gasteiger partial charge in [0.05, 0.1) is 52.7 Å². The van der Waals surface area contributed by atoms with Crippen molar-refractivity contribution in [3.05, 3.63) is 71.4 Å². The molecule has 2 bridgehead atoms. The number of hydrogen-bond donors (Lipinski definition) is 1. The van der Waals surface area contributed by atoms with Crippen LogP contribution in [0, 0.1) is 40.3 Å². The Hall–Kier alpha value is -7.23. The molecule has 524 valence electrons. The first-order valence-corrected chi connectivity index (χ1v) is 37.0. The lowest BCUT2D eigenvalue weighted by molar-refractivity contribution is -0.120. The first-order valence-electron chi connectivity index (χ1n) is 36.3. The summed E-state index contributed by atoms with van der Waals surface area (Å²) < 4.78 is 94.3. The van der Waals surface area contributed by atoms with Crippen LogP contribution in [0.25, 0.3) is 32.9 Å². The maximum absolute atomic E-state index is 18.5. The fraction of sp³-hybridized carbons (Fsp3) is 0.608. The Kier molecular flexibility index (Phi) is 20.2. The Bertz CT molecular complexity index is 3890. The topological polar surface area (TPSA) is 194 Å². The Labute approximate surface area is 576 Å². The molecule has 3 aromatic carbocycles. The number of carbonyl (C=O) groups is 4. The lowest BCUT2D eigenvalue weighted by atomic mass is 9.65. The predicted octanol–water partition coefficient (Wildman–Crippen LogP) is 12.5. The number of hydrogen-bond acceptors (Lipinski definition) is 16. The number of imide groups is 1. The number of piperidine rings is 1. The van der Waals surface area contributed by atoms with Gasteiger partial charge in [0.15, 0.2) is 12.6 Å². The van der Waals surface area contributed by atoms with E-state index in [2.05, 4.69) is 75.0 Å². The molecule has 7 heterocycles. The summed E-state index contributed by atoms with van der Waals surface area (Å²) in [4.78, 5) is 79.4. The molecule has 1 aliphatic carbocycles. The zero-order chi connectivity index (χ0) is 71.8. The number of amides is 5. The van der Waals surface area contributed by atoms with Crippen LogP contribution in [0.3, 0.4) is 0 Å². The van der Waals surface area contributed by atoms with Crippen LogP contribution in [-0.2, 0) is 19.0 Å². The normalized spacial score (nSPS) is 21.5. The molecule has 5 aromatic rings. The van der Waals surface area contributed by atoms with Crippen LogP contribution >= 0.6 is 0 Å². The van der Waals surface area contributed by atoms with E-state index in [9.17, 15) is 19.2 Å². The van der Waals surface area contributed by atoms with Crippen LogP contribution in [-0.4, -0.2) is 197 Å². The molecule has 6 fully saturated rings. The molecule has 2 unspecified atom stereocenters. The molecular weight excluding hydrogens is 1250 g/mol.